The number of halogens is 1. The number of nitro benzene ring substituents is 1. The molecule has 0 bridgehead atoms. The lowest BCUT2D eigenvalue weighted by molar-refractivity contribution is -0.384. The Hall–Kier alpha value is -2.22. The van der Waals surface area contributed by atoms with E-state index >= 15 is 0 Å². The molecule has 0 fully saturated rings. The number of amides is 1. The minimum absolute atomic E-state index is 0.0532. The normalized spacial score (nSPS) is 10.1. The van der Waals surface area contributed by atoms with Crippen LogP contribution < -0.4 is 5.32 Å². The highest BCUT2D eigenvalue weighted by Gasteiger charge is 2.11. The van der Waals surface area contributed by atoms with Crippen molar-refractivity contribution in [1.29, 1.82) is 0 Å². The average molecular weight is 311 g/mol. The van der Waals surface area contributed by atoms with Gasteiger partial charge in [-0.05, 0) is 22.0 Å². The zero-order valence-corrected chi connectivity index (χ0v) is 10.5. The lowest BCUT2D eigenvalue weighted by Gasteiger charge is -2.06. The second-order valence-corrected chi connectivity index (χ2v) is 4.18. The van der Waals surface area contributed by atoms with E-state index in [9.17, 15) is 14.9 Å². The van der Waals surface area contributed by atoms with Gasteiger partial charge in [0.25, 0.3) is 5.69 Å². The first-order valence-electron chi connectivity index (χ1n) is 4.81. The highest BCUT2D eigenvalue weighted by Crippen LogP contribution is 2.27. The molecule has 1 N–H and O–H groups in total. The van der Waals surface area contributed by atoms with E-state index < -0.39 is 11.0 Å². The Morgan fingerprint density at radius 1 is 1.50 bits per heavy atom. The van der Waals surface area contributed by atoms with Crippen LogP contribution >= 0.6 is 15.9 Å². The highest BCUT2D eigenvalue weighted by molar-refractivity contribution is 9.10. The minimum atomic E-state index is -0.508. The number of aromatic nitrogens is 2. The second-order valence-electron chi connectivity index (χ2n) is 3.32. The average Bonchev–Trinajstić information content (AvgIpc) is 2.85. The maximum Gasteiger partial charge on any atom is 0.331 e. The number of carbonyl (C=O) groups is 1. The van der Waals surface area contributed by atoms with Gasteiger partial charge in [0.2, 0.25) is 0 Å². The molecule has 1 aromatic heterocycles. The van der Waals surface area contributed by atoms with E-state index in [1.807, 2.05) is 0 Å². The Morgan fingerprint density at radius 2 is 2.28 bits per heavy atom. The number of benzene rings is 1. The van der Waals surface area contributed by atoms with Crippen molar-refractivity contribution in [3.8, 4) is 0 Å². The van der Waals surface area contributed by atoms with Gasteiger partial charge in [0, 0.05) is 29.0 Å². The number of anilines is 1. The summed E-state index contributed by atoms with van der Waals surface area (Å²) in [4.78, 5) is 25.5. The van der Waals surface area contributed by atoms with E-state index in [0.29, 0.717) is 10.2 Å². The number of rotatable bonds is 2. The standard InChI is InChI=1S/C10H7BrN4O3/c11-8-5-7(15(17)18)1-2-9(8)13-10(16)14-4-3-12-6-14/h1-6H,(H,13,16). The Morgan fingerprint density at radius 3 is 2.83 bits per heavy atom. The smallest absolute Gasteiger partial charge is 0.306 e. The molecule has 0 saturated heterocycles. The van der Waals surface area contributed by atoms with Crippen LogP contribution in [0, 0.1) is 10.1 Å². The fourth-order valence-corrected chi connectivity index (χ4v) is 1.74. The summed E-state index contributed by atoms with van der Waals surface area (Å²) < 4.78 is 1.69. The number of imidazole rings is 1. The molecule has 1 amide bonds. The summed E-state index contributed by atoms with van der Waals surface area (Å²) in [6.07, 6.45) is 4.33. The van der Waals surface area contributed by atoms with Gasteiger partial charge in [0.15, 0.2) is 0 Å². The molecular formula is C10H7BrN4O3. The number of hydrogen-bond donors (Lipinski definition) is 1. The van der Waals surface area contributed by atoms with Gasteiger partial charge in [-0.1, -0.05) is 0 Å². The third-order valence-corrected chi connectivity index (χ3v) is 2.80. The Balaban J connectivity index is 2.20. The molecule has 1 aromatic carbocycles. The third kappa shape index (κ3) is 2.54. The first-order valence-corrected chi connectivity index (χ1v) is 5.60. The van der Waals surface area contributed by atoms with Gasteiger partial charge in [-0.2, -0.15) is 0 Å². The summed E-state index contributed by atoms with van der Waals surface area (Å²) in [5, 5.41) is 13.2. The molecule has 1 heterocycles. The van der Waals surface area contributed by atoms with Crippen LogP contribution in [0.3, 0.4) is 0 Å². The van der Waals surface area contributed by atoms with Gasteiger partial charge < -0.3 is 5.32 Å². The number of non-ortho nitro benzene ring substituents is 1. The molecule has 0 atom stereocenters. The van der Waals surface area contributed by atoms with Crippen molar-refractivity contribution in [2.45, 2.75) is 0 Å². The number of nitro groups is 1. The molecule has 0 saturated carbocycles. The number of hydrogen-bond acceptors (Lipinski definition) is 4. The molecular weight excluding hydrogens is 304 g/mol. The van der Waals surface area contributed by atoms with E-state index in [0.717, 1.165) is 0 Å². The molecule has 18 heavy (non-hydrogen) atoms. The fraction of sp³-hybridized carbons (Fsp3) is 0. The summed E-state index contributed by atoms with van der Waals surface area (Å²) in [6.45, 7) is 0. The van der Waals surface area contributed by atoms with E-state index in [1.54, 1.807) is 0 Å². The molecule has 0 aliphatic carbocycles. The van der Waals surface area contributed by atoms with Crippen LogP contribution in [-0.2, 0) is 0 Å². The molecule has 0 unspecified atom stereocenters. The summed E-state index contributed by atoms with van der Waals surface area (Å²) in [5.41, 5.74) is 0.391. The van der Waals surface area contributed by atoms with Crippen molar-refractivity contribution in [1.82, 2.24) is 9.55 Å². The molecule has 0 radical (unpaired) electrons. The SMILES string of the molecule is O=C(Nc1ccc([N+](=O)[O-])cc1Br)n1ccnc1. The van der Waals surface area contributed by atoms with Gasteiger partial charge >= 0.3 is 6.03 Å². The van der Waals surface area contributed by atoms with Crippen LogP contribution in [0.15, 0.2) is 41.4 Å². The monoisotopic (exact) mass is 310 g/mol. The largest absolute Gasteiger partial charge is 0.331 e. The van der Waals surface area contributed by atoms with E-state index in [4.69, 9.17) is 0 Å². The summed E-state index contributed by atoms with van der Waals surface area (Å²) in [6, 6.07) is 3.69. The van der Waals surface area contributed by atoms with Gasteiger partial charge in [0.05, 0.1) is 10.6 Å². The highest BCUT2D eigenvalue weighted by atomic mass is 79.9. The molecule has 0 aliphatic heterocycles. The van der Waals surface area contributed by atoms with E-state index in [-0.39, 0.29) is 5.69 Å². The lowest BCUT2D eigenvalue weighted by Crippen LogP contribution is -2.18. The summed E-state index contributed by atoms with van der Waals surface area (Å²) >= 11 is 3.16. The van der Waals surface area contributed by atoms with Crippen molar-refractivity contribution in [2.24, 2.45) is 0 Å². The second kappa shape index (κ2) is 4.96. The molecule has 92 valence electrons. The van der Waals surface area contributed by atoms with Gasteiger partial charge in [0.1, 0.15) is 6.33 Å². The van der Waals surface area contributed by atoms with Crippen LogP contribution in [-0.4, -0.2) is 20.5 Å². The maximum absolute atomic E-state index is 11.7. The van der Waals surface area contributed by atoms with Crippen molar-refractivity contribution >= 4 is 33.3 Å². The third-order valence-electron chi connectivity index (χ3n) is 2.14. The fourth-order valence-electron chi connectivity index (χ4n) is 1.28. The van der Waals surface area contributed by atoms with Crippen molar-refractivity contribution in [3.05, 3.63) is 51.5 Å². The Bertz CT molecular complexity index is 597. The summed E-state index contributed by atoms with van der Waals surface area (Å²) in [5.74, 6) is 0. The molecule has 2 rings (SSSR count). The quantitative estimate of drug-likeness (QED) is 0.682. The lowest BCUT2D eigenvalue weighted by atomic mass is 10.3. The van der Waals surface area contributed by atoms with Crippen LogP contribution in [0.5, 0.6) is 0 Å². The van der Waals surface area contributed by atoms with E-state index in [1.165, 1.54) is 41.5 Å². The predicted molar refractivity (Wildman–Crippen MR) is 67.4 cm³/mol. The van der Waals surface area contributed by atoms with Crippen LogP contribution in [0.2, 0.25) is 0 Å². The van der Waals surface area contributed by atoms with Crippen molar-refractivity contribution in [2.75, 3.05) is 5.32 Å². The zero-order chi connectivity index (χ0) is 13.1. The first-order chi connectivity index (χ1) is 8.58. The summed E-state index contributed by atoms with van der Waals surface area (Å²) in [7, 11) is 0. The molecule has 0 spiro atoms. The Kier molecular flexibility index (Phi) is 3.38. The van der Waals surface area contributed by atoms with E-state index in [2.05, 4.69) is 26.2 Å². The Labute approximate surface area is 110 Å². The van der Waals surface area contributed by atoms with Crippen LogP contribution in [0.25, 0.3) is 0 Å². The van der Waals surface area contributed by atoms with Gasteiger partial charge in [-0.25, -0.2) is 9.78 Å². The van der Waals surface area contributed by atoms with Gasteiger partial charge in [-0.15, -0.1) is 0 Å². The number of nitrogens with one attached hydrogen (secondary N) is 1. The topological polar surface area (TPSA) is 90.1 Å². The molecule has 8 heteroatoms. The molecule has 7 nitrogen and oxygen atoms in total. The predicted octanol–water partition coefficient (Wildman–Crippen LogP) is 2.63. The van der Waals surface area contributed by atoms with Crippen LogP contribution in [0.1, 0.15) is 0 Å². The van der Waals surface area contributed by atoms with Gasteiger partial charge in [-0.3, -0.25) is 14.7 Å². The number of nitrogens with zero attached hydrogens (tertiary/aromatic N) is 3. The maximum atomic E-state index is 11.7. The first kappa shape index (κ1) is 12.2. The van der Waals surface area contributed by atoms with Crippen LogP contribution in [0.4, 0.5) is 16.2 Å². The van der Waals surface area contributed by atoms with Crippen molar-refractivity contribution < 1.29 is 9.72 Å². The van der Waals surface area contributed by atoms with Crippen molar-refractivity contribution in [3.63, 3.8) is 0 Å². The zero-order valence-electron chi connectivity index (χ0n) is 8.91. The molecule has 0 aliphatic rings. The minimum Gasteiger partial charge on any atom is -0.306 e. The number of carbonyl (C=O) groups excluding carboxylic acids is 1. The molecule has 2 aromatic rings.